The van der Waals surface area contributed by atoms with Crippen molar-refractivity contribution in [2.24, 2.45) is 0 Å². The van der Waals surface area contributed by atoms with Crippen molar-refractivity contribution in [3.05, 3.63) is 0 Å². The van der Waals surface area contributed by atoms with Gasteiger partial charge in [-0.25, -0.2) is 0 Å². The number of hydrogen-bond donors (Lipinski definition) is 0. The van der Waals surface area contributed by atoms with Crippen LogP contribution in [0.1, 0.15) is 6.42 Å². The summed E-state index contributed by atoms with van der Waals surface area (Å²) >= 11 is 0. The van der Waals surface area contributed by atoms with Crippen molar-refractivity contribution in [2.75, 3.05) is 6.61 Å². The molecule has 15 heteroatoms. The highest BCUT2D eigenvalue weighted by atomic mass is 19.4. The van der Waals surface area contributed by atoms with Gasteiger partial charge in [-0.1, -0.05) is 0 Å². The summed E-state index contributed by atoms with van der Waals surface area (Å²) < 4.78 is 167. The van der Waals surface area contributed by atoms with Crippen molar-refractivity contribution in [3.8, 4) is 0 Å². The lowest BCUT2D eigenvalue weighted by atomic mass is 9.93. The molecule has 0 aromatic heterocycles. The Kier molecular flexibility index (Phi) is 5.76. The van der Waals surface area contributed by atoms with Crippen LogP contribution >= 0.6 is 0 Å². The SMILES string of the molecule is O=COCCC(F)(F)C(F)(F)C(F)(F)C(F)(F)C(F)(F)C(F)(F)F. The molecule has 0 saturated carbocycles. The van der Waals surface area contributed by atoms with E-state index in [1.54, 1.807) is 0 Å². The molecule has 0 bridgehead atoms. The van der Waals surface area contributed by atoms with E-state index in [4.69, 9.17) is 0 Å². The predicted molar refractivity (Wildman–Crippen MR) is 47.4 cm³/mol. The molecule has 144 valence electrons. The van der Waals surface area contributed by atoms with Crippen LogP contribution in [0.4, 0.5) is 57.1 Å². The third-order valence-corrected chi connectivity index (χ3v) is 2.60. The Bertz CT molecular complexity index is 453. The molecule has 0 atom stereocenters. The van der Waals surface area contributed by atoms with Gasteiger partial charge in [-0.3, -0.25) is 4.79 Å². The van der Waals surface area contributed by atoms with Gasteiger partial charge >= 0.3 is 35.8 Å². The zero-order valence-electron chi connectivity index (χ0n) is 10.7. The zero-order chi connectivity index (χ0) is 19.8. The van der Waals surface area contributed by atoms with E-state index in [-0.39, 0.29) is 0 Å². The molecule has 0 amide bonds. The average molecular weight is 392 g/mol. The summed E-state index contributed by atoms with van der Waals surface area (Å²) in [4.78, 5) is 9.59. The molecular formula is C9H5F13O2. The van der Waals surface area contributed by atoms with Gasteiger partial charge in [-0.05, 0) is 0 Å². The first kappa shape index (κ1) is 22.6. The molecule has 0 saturated heterocycles. The lowest BCUT2D eigenvalue weighted by Crippen LogP contribution is -2.70. The fraction of sp³-hybridized carbons (Fsp3) is 0.889. The number of halogens is 13. The lowest BCUT2D eigenvalue weighted by molar-refractivity contribution is -0.440. The lowest BCUT2D eigenvalue weighted by Gasteiger charge is -2.39. The van der Waals surface area contributed by atoms with Crippen molar-refractivity contribution in [1.29, 1.82) is 0 Å². The van der Waals surface area contributed by atoms with Crippen LogP contribution in [0.15, 0.2) is 0 Å². The number of carbonyl (C=O) groups excluding carboxylic acids is 1. The minimum absolute atomic E-state index is 0.626. The fourth-order valence-corrected chi connectivity index (χ4v) is 1.19. The van der Waals surface area contributed by atoms with Gasteiger partial charge in [-0.2, -0.15) is 57.1 Å². The van der Waals surface area contributed by atoms with E-state index in [0.29, 0.717) is 0 Å². The number of hydrogen-bond acceptors (Lipinski definition) is 2. The second-order valence-electron chi connectivity index (χ2n) is 4.22. The molecule has 0 fully saturated rings. The highest BCUT2D eigenvalue weighted by molar-refractivity contribution is 5.36. The topological polar surface area (TPSA) is 26.3 Å². The highest BCUT2D eigenvalue weighted by Gasteiger charge is 2.90. The van der Waals surface area contributed by atoms with Crippen LogP contribution in [0.5, 0.6) is 0 Å². The Morgan fingerprint density at radius 3 is 1.33 bits per heavy atom. The molecule has 0 N–H and O–H groups in total. The molecular weight excluding hydrogens is 387 g/mol. The summed E-state index contributed by atoms with van der Waals surface area (Å²) in [5.74, 6) is -37.0. The maximum Gasteiger partial charge on any atom is 0.460 e. The van der Waals surface area contributed by atoms with E-state index in [9.17, 15) is 61.9 Å². The van der Waals surface area contributed by atoms with Crippen molar-refractivity contribution in [1.82, 2.24) is 0 Å². The Hall–Kier alpha value is -1.44. The van der Waals surface area contributed by atoms with Gasteiger partial charge in [-0.15, -0.1) is 0 Å². The van der Waals surface area contributed by atoms with Crippen LogP contribution in [0.3, 0.4) is 0 Å². The molecule has 0 unspecified atom stereocenters. The Labute approximate surface area is 123 Å². The van der Waals surface area contributed by atoms with Gasteiger partial charge < -0.3 is 4.74 Å². The molecule has 24 heavy (non-hydrogen) atoms. The van der Waals surface area contributed by atoms with E-state index >= 15 is 0 Å². The number of ether oxygens (including phenoxy) is 1. The van der Waals surface area contributed by atoms with Crippen LogP contribution < -0.4 is 0 Å². The molecule has 0 radical (unpaired) electrons. The first-order chi connectivity index (χ1) is 10.3. The Morgan fingerprint density at radius 2 is 1.00 bits per heavy atom. The van der Waals surface area contributed by atoms with E-state index in [1.807, 2.05) is 0 Å². The smallest absolute Gasteiger partial charge is 0.460 e. The summed E-state index contributed by atoms with van der Waals surface area (Å²) in [5.41, 5.74) is 0. The first-order valence-electron chi connectivity index (χ1n) is 5.32. The summed E-state index contributed by atoms with van der Waals surface area (Å²) in [6.07, 6.45) is -9.99. The number of alkyl halides is 13. The van der Waals surface area contributed by atoms with Crippen LogP contribution in [0, 0.1) is 0 Å². The minimum Gasteiger partial charge on any atom is -0.468 e. The van der Waals surface area contributed by atoms with Crippen LogP contribution in [0.25, 0.3) is 0 Å². The number of carbonyl (C=O) groups is 1. The Morgan fingerprint density at radius 1 is 0.625 bits per heavy atom. The normalized spacial score (nSPS) is 15.4. The van der Waals surface area contributed by atoms with Crippen molar-refractivity contribution in [2.45, 2.75) is 42.2 Å². The molecule has 0 spiro atoms. The fourth-order valence-electron chi connectivity index (χ4n) is 1.19. The van der Waals surface area contributed by atoms with Gasteiger partial charge in [0, 0.05) is 0 Å². The second-order valence-corrected chi connectivity index (χ2v) is 4.22. The quantitative estimate of drug-likeness (QED) is 0.350. The van der Waals surface area contributed by atoms with Gasteiger partial charge in [0.05, 0.1) is 13.0 Å². The first-order valence-corrected chi connectivity index (χ1v) is 5.32. The molecule has 0 aromatic rings. The minimum atomic E-state index is -7.92. The molecule has 0 aliphatic heterocycles. The summed E-state index contributed by atoms with van der Waals surface area (Å²) in [6, 6.07) is 0. The standard InChI is InChI=1S/C9H5F13O2/c10-4(11,1-2-24-3-23)5(12,13)6(14,15)7(16,17)8(18,19)9(20,21)22/h3H,1-2H2. The summed E-state index contributed by atoms with van der Waals surface area (Å²) in [7, 11) is 0. The van der Waals surface area contributed by atoms with Gasteiger partial charge in [0.25, 0.3) is 6.47 Å². The summed E-state index contributed by atoms with van der Waals surface area (Å²) in [6.45, 7) is -2.36. The largest absolute Gasteiger partial charge is 0.468 e. The van der Waals surface area contributed by atoms with E-state index in [0.717, 1.165) is 0 Å². The van der Waals surface area contributed by atoms with E-state index in [2.05, 4.69) is 4.74 Å². The van der Waals surface area contributed by atoms with Gasteiger partial charge in [0.2, 0.25) is 0 Å². The zero-order valence-corrected chi connectivity index (χ0v) is 10.7. The van der Waals surface area contributed by atoms with Crippen molar-refractivity contribution in [3.63, 3.8) is 0 Å². The molecule has 0 aromatic carbocycles. The van der Waals surface area contributed by atoms with Gasteiger partial charge in [0.15, 0.2) is 0 Å². The van der Waals surface area contributed by atoms with E-state index < -0.39 is 55.3 Å². The average Bonchev–Trinajstić information content (AvgIpc) is 2.36. The van der Waals surface area contributed by atoms with Crippen LogP contribution in [0.2, 0.25) is 0 Å². The molecule has 0 aliphatic rings. The van der Waals surface area contributed by atoms with E-state index in [1.165, 1.54) is 0 Å². The molecule has 2 nitrogen and oxygen atoms in total. The summed E-state index contributed by atoms with van der Waals surface area (Å²) in [5, 5.41) is 0. The predicted octanol–water partition coefficient (Wildman–Crippen LogP) is 4.29. The van der Waals surface area contributed by atoms with Crippen molar-refractivity contribution >= 4 is 6.47 Å². The van der Waals surface area contributed by atoms with Gasteiger partial charge in [0.1, 0.15) is 0 Å². The second kappa shape index (κ2) is 6.13. The van der Waals surface area contributed by atoms with Crippen molar-refractivity contribution < 1.29 is 66.6 Å². The number of rotatable bonds is 8. The van der Waals surface area contributed by atoms with Crippen LogP contribution in [-0.2, 0) is 9.53 Å². The Balaban J connectivity index is 5.96. The molecule has 0 aliphatic carbocycles. The van der Waals surface area contributed by atoms with Crippen LogP contribution in [-0.4, -0.2) is 48.9 Å². The maximum absolute atomic E-state index is 13.0. The third kappa shape index (κ3) is 3.20. The highest BCUT2D eigenvalue weighted by Crippen LogP contribution is 2.60. The maximum atomic E-state index is 13.0. The third-order valence-electron chi connectivity index (χ3n) is 2.60. The molecule has 0 heterocycles. The monoisotopic (exact) mass is 392 g/mol. The molecule has 0 rings (SSSR count).